The van der Waals surface area contributed by atoms with Gasteiger partial charge in [-0.2, -0.15) is 0 Å². The Hall–Kier alpha value is -1.27. The second-order valence-corrected chi connectivity index (χ2v) is 3.48. The van der Waals surface area contributed by atoms with Gasteiger partial charge in [0.1, 0.15) is 16.5 Å². The molecule has 5 nitrogen and oxygen atoms in total. The van der Waals surface area contributed by atoms with E-state index in [1.54, 1.807) is 19.5 Å². The summed E-state index contributed by atoms with van der Waals surface area (Å²) in [6, 6.07) is 0. The van der Waals surface area contributed by atoms with Crippen LogP contribution in [0.15, 0.2) is 12.4 Å². The molecular weight excluding hydrogens is 212 g/mol. The van der Waals surface area contributed by atoms with Crippen molar-refractivity contribution in [2.75, 3.05) is 32.2 Å². The van der Waals surface area contributed by atoms with Crippen molar-refractivity contribution in [1.29, 1.82) is 0 Å². The molecule has 0 aliphatic heterocycles. The summed E-state index contributed by atoms with van der Waals surface area (Å²) in [6.45, 7) is 1.41. The third-order valence-electron chi connectivity index (χ3n) is 1.91. The van der Waals surface area contributed by atoms with Gasteiger partial charge in [0.25, 0.3) is 0 Å². The molecule has 0 aliphatic carbocycles. The fourth-order valence-electron chi connectivity index (χ4n) is 0.988. The van der Waals surface area contributed by atoms with Gasteiger partial charge >= 0.3 is 0 Å². The van der Waals surface area contributed by atoms with Gasteiger partial charge in [-0.05, 0) is 0 Å². The molecule has 0 fully saturated rings. The van der Waals surface area contributed by atoms with Gasteiger partial charge in [0.2, 0.25) is 0 Å². The molecule has 1 heterocycles. The molecule has 0 aliphatic rings. The Labute approximate surface area is 94.3 Å². The van der Waals surface area contributed by atoms with E-state index >= 15 is 0 Å². The summed E-state index contributed by atoms with van der Waals surface area (Å²) in [4.78, 5) is 10.5. The standard InChI is InChI=1S/C9H14N4OS/c1-13(3-4-14-2)8-6-11-7(5-12-8)9(10)15/h5-6H,3-4H2,1-2H3,(H2,10,15). The van der Waals surface area contributed by atoms with Crippen LogP contribution in [0, 0.1) is 0 Å². The number of likely N-dealkylation sites (N-methyl/N-ethyl adjacent to an activating group) is 1. The highest BCUT2D eigenvalue weighted by Crippen LogP contribution is 2.05. The molecule has 0 bridgehead atoms. The lowest BCUT2D eigenvalue weighted by Gasteiger charge is -2.16. The highest BCUT2D eigenvalue weighted by Gasteiger charge is 2.03. The molecule has 0 radical (unpaired) electrons. The molecule has 1 rings (SSSR count). The zero-order valence-electron chi connectivity index (χ0n) is 8.80. The Balaban J connectivity index is 2.66. The average molecular weight is 226 g/mol. The number of nitrogens with two attached hydrogens (primary N) is 1. The minimum atomic E-state index is 0.258. The van der Waals surface area contributed by atoms with Crippen molar-refractivity contribution < 1.29 is 4.74 Å². The van der Waals surface area contributed by atoms with Crippen molar-refractivity contribution in [3.05, 3.63) is 18.1 Å². The van der Waals surface area contributed by atoms with Crippen LogP contribution in [0.2, 0.25) is 0 Å². The van der Waals surface area contributed by atoms with E-state index in [0.29, 0.717) is 12.3 Å². The normalized spacial score (nSPS) is 10.0. The Kier molecular flexibility index (Phi) is 4.38. The van der Waals surface area contributed by atoms with E-state index in [1.165, 1.54) is 0 Å². The van der Waals surface area contributed by atoms with Crippen molar-refractivity contribution >= 4 is 23.0 Å². The molecular formula is C9H14N4OS. The van der Waals surface area contributed by atoms with E-state index in [4.69, 9.17) is 22.7 Å². The van der Waals surface area contributed by atoms with Crippen molar-refractivity contribution in [3.63, 3.8) is 0 Å². The molecule has 1 aromatic rings. The third kappa shape index (κ3) is 3.41. The van der Waals surface area contributed by atoms with Gasteiger partial charge in [-0.1, -0.05) is 12.2 Å². The first-order valence-corrected chi connectivity index (χ1v) is 4.88. The van der Waals surface area contributed by atoms with Crippen LogP contribution in [0.3, 0.4) is 0 Å². The summed E-state index contributed by atoms with van der Waals surface area (Å²) in [6.07, 6.45) is 3.21. The molecule has 0 atom stereocenters. The summed E-state index contributed by atoms with van der Waals surface area (Å²) < 4.78 is 4.97. The van der Waals surface area contributed by atoms with Crippen LogP contribution in [0.1, 0.15) is 5.69 Å². The maximum absolute atomic E-state index is 5.42. The first-order valence-electron chi connectivity index (χ1n) is 4.47. The molecule has 0 unspecified atom stereocenters. The number of nitrogens with zero attached hydrogens (tertiary/aromatic N) is 3. The zero-order chi connectivity index (χ0) is 11.3. The fourth-order valence-corrected chi connectivity index (χ4v) is 1.09. The van der Waals surface area contributed by atoms with Crippen molar-refractivity contribution in [1.82, 2.24) is 9.97 Å². The van der Waals surface area contributed by atoms with Crippen LogP contribution in [-0.2, 0) is 4.74 Å². The van der Waals surface area contributed by atoms with Crippen molar-refractivity contribution in [3.8, 4) is 0 Å². The van der Waals surface area contributed by atoms with E-state index in [1.807, 2.05) is 11.9 Å². The molecule has 0 amide bonds. The monoisotopic (exact) mass is 226 g/mol. The number of hydrogen-bond acceptors (Lipinski definition) is 5. The average Bonchev–Trinajstić information content (AvgIpc) is 2.26. The zero-order valence-corrected chi connectivity index (χ0v) is 9.62. The van der Waals surface area contributed by atoms with Crippen molar-refractivity contribution in [2.24, 2.45) is 5.73 Å². The van der Waals surface area contributed by atoms with Crippen LogP contribution in [-0.4, -0.2) is 42.3 Å². The summed E-state index contributed by atoms with van der Waals surface area (Å²) >= 11 is 4.78. The molecule has 82 valence electrons. The summed E-state index contributed by atoms with van der Waals surface area (Å²) in [7, 11) is 3.58. The van der Waals surface area contributed by atoms with Gasteiger partial charge < -0.3 is 15.4 Å². The van der Waals surface area contributed by atoms with Crippen LogP contribution >= 0.6 is 12.2 Å². The molecule has 6 heteroatoms. The van der Waals surface area contributed by atoms with Gasteiger partial charge in [-0.15, -0.1) is 0 Å². The SMILES string of the molecule is COCCN(C)c1cnc(C(N)=S)cn1. The van der Waals surface area contributed by atoms with E-state index in [2.05, 4.69) is 9.97 Å². The highest BCUT2D eigenvalue weighted by atomic mass is 32.1. The Morgan fingerprint density at radius 3 is 2.73 bits per heavy atom. The van der Waals surface area contributed by atoms with E-state index < -0.39 is 0 Å². The first-order chi connectivity index (χ1) is 7.15. The maximum atomic E-state index is 5.42. The lowest BCUT2D eigenvalue weighted by atomic mass is 10.4. The number of hydrogen-bond donors (Lipinski definition) is 1. The van der Waals surface area contributed by atoms with E-state index in [9.17, 15) is 0 Å². The molecule has 0 spiro atoms. The number of rotatable bonds is 5. The second-order valence-electron chi connectivity index (χ2n) is 3.04. The predicted molar refractivity (Wildman–Crippen MR) is 63.1 cm³/mol. The quantitative estimate of drug-likeness (QED) is 0.723. The van der Waals surface area contributed by atoms with Gasteiger partial charge in [0, 0.05) is 20.7 Å². The lowest BCUT2D eigenvalue weighted by Crippen LogP contribution is -2.23. The largest absolute Gasteiger partial charge is 0.388 e. The third-order valence-corrected chi connectivity index (χ3v) is 2.12. The van der Waals surface area contributed by atoms with Crippen LogP contribution < -0.4 is 10.6 Å². The van der Waals surface area contributed by atoms with Gasteiger partial charge in [-0.3, -0.25) is 0 Å². The van der Waals surface area contributed by atoms with Crippen LogP contribution in [0.25, 0.3) is 0 Å². The topological polar surface area (TPSA) is 64.3 Å². The Morgan fingerprint density at radius 1 is 1.53 bits per heavy atom. The molecule has 2 N–H and O–H groups in total. The second kappa shape index (κ2) is 5.57. The summed E-state index contributed by atoms with van der Waals surface area (Å²) in [5, 5.41) is 0. The number of ether oxygens (including phenoxy) is 1. The lowest BCUT2D eigenvalue weighted by molar-refractivity contribution is 0.206. The number of anilines is 1. The van der Waals surface area contributed by atoms with Crippen molar-refractivity contribution in [2.45, 2.75) is 0 Å². The number of aromatic nitrogens is 2. The minimum Gasteiger partial charge on any atom is -0.388 e. The smallest absolute Gasteiger partial charge is 0.146 e. The Bertz CT molecular complexity index is 327. The molecule has 1 aromatic heterocycles. The van der Waals surface area contributed by atoms with Gasteiger partial charge in [-0.25, -0.2) is 9.97 Å². The molecule has 0 saturated heterocycles. The van der Waals surface area contributed by atoms with E-state index in [0.717, 1.165) is 12.4 Å². The van der Waals surface area contributed by atoms with Gasteiger partial charge in [0.15, 0.2) is 0 Å². The van der Waals surface area contributed by atoms with Crippen LogP contribution in [0.5, 0.6) is 0 Å². The first kappa shape index (κ1) is 11.8. The maximum Gasteiger partial charge on any atom is 0.146 e. The van der Waals surface area contributed by atoms with Gasteiger partial charge in [0.05, 0.1) is 19.0 Å². The molecule has 15 heavy (non-hydrogen) atoms. The minimum absolute atomic E-state index is 0.258. The summed E-state index contributed by atoms with van der Waals surface area (Å²) in [5.41, 5.74) is 5.95. The highest BCUT2D eigenvalue weighted by molar-refractivity contribution is 7.80. The Morgan fingerprint density at radius 2 is 2.27 bits per heavy atom. The number of methoxy groups -OCH3 is 1. The fraction of sp³-hybridized carbons (Fsp3) is 0.444. The van der Waals surface area contributed by atoms with E-state index in [-0.39, 0.29) is 4.99 Å². The number of thiocarbonyl (C=S) groups is 1. The molecule has 0 aromatic carbocycles. The van der Waals surface area contributed by atoms with Crippen LogP contribution in [0.4, 0.5) is 5.82 Å². The summed E-state index contributed by atoms with van der Waals surface area (Å²) in [5.74, 6) is 0.770. The predicted octanol–water partition coefficient (Wildman–Crippen LogP) is 0.193. The molecule has 0 saturated carbocycles.